The Kier molecular flexibility index (Phi) is 8.23. The van der Waals surface area contributed by atoms with Crippen LogP contribution in [0.1, 0.15) is 119 Å². The number of hydrogen-bond donors (Lipinski definition) is 2. The third-order valence-corrected chi connectivity index (χ3v) is 9.44. The number of aromatic nitrogens is 1. The van der Waals surface area contributed by atoms with Crippen molar-refractivity contribution in [2.75, 3.05) is 0 Å². The minimum absolute atomic E-state index is 0.0298. The van der Waals surface area contributed by atoms with Gasteiger partial charge in [0.2, 0.25) is 0 Å². The molecule has 1 aromatic carbocycles. The van der Waals surface area contributed by atoms with Gasteiger partial charge in [0.15, 0.2) is 5.01 Å². The molecule has 0 bridgehead atoms. The van der Waals surface area contributed by atoms with Crippen molar-refractivity contribution in [2.45, 2.75) is 115 Å². The van der Waals surface area contributed by atoms with Gasteiger partial charge >= 0.3 is 0 Å². The van der Waals surface area contributed by atoms with Crippen molar-refractivity contribution in [3.05, 3.63) is 40.0 Å². The summed E-state index contributed by atoms with van der Waals surface area (Å²) in [7, 11) is 0. The van der Waals surface area contributed by atoms with Crippen molar-refractivity contribution >= 4 is 23.7 Å². The van der Waals surface area contributed by atoms with Gasteiger partial charge in [-0.2, -0.15) is 0 Å². The van der Waals surface area contributed by atoms with Gasteiger partial charge in [0.05, 0.1) is 10.6 Å². The number of amides is 1. The Bertz CT molecular complexity index is 1050. The van der Waals surface area contributed by atoms with Gasteiger partial charge in [0.1, 0.15) is 0 Å². The summed E-state index contributed by atoms with van der Waals surface area (Å²) in [6.45, 7) is 9.06. The zero-order valence-corrected chi connectivity index (χ0v) is 23.2. The Balaban J connectivity index is 0.000000967. The van der Waals surface area contributed by atoms with E-state index in [0.29, 0.717) is 22.4 Å². The SMILES string of the molecule is CC(C)(C)c1cc(-c2sc(C(=O)NC3CCC3)nc2CC2CCCCC2)cc(C2(C)CC2)c1.O=CO. The second-order valence-corrected chi connectivity index (χ2v) is 13.3. The number of hydrogen-bond acceptors (Lipinski definition) is 4. The number of nitrogens with one attached hydrogen (secondary N) is 1. The van der Waals surface area contributed by atoms with E-state index in [1.165, 1.54) is 72.9 Å². The summed E-state index contributed by atoms with van der Waals surface area (Å²) in [5.41, 5.74) is 5.69. The smallest absolute Gasteiger partial charge is 0.290 e. The molecule has 3 saturated carbocycles. The van der Waals surface area contributed by atoms with Crippen molar-refractivity contribution < 1.29 is 14.7 Å². The molecule has 3 aliphatic rings. The minimum Gasteiger partial charge on any atom is -0.483 e. The van der Waals surface area contributed by atoms with E-state index in [-0.39, 0.29) is 17.8 Å². The molecule has 1 amide bonds. The van der Waals surface area contributed by atoms with Crippen LogP contribution in [0.4, 0.5) is 0 Å². The molecule has 0 aliphatic heterocycles. The average molecular weight is 511 g/mol. The van der Waals surface area contributed by atoms with Crippen LogP contribution in [-0.2, 0) is 22.0 Å². The predicted molar refractivity (Wildman–Crippen MR) is 147 cm³/mol. The van der Waals surface area contributed by atoms with E-state index in [1.807, 2.05) is 0 Å². The Morgan fingerprint density at radius 3 is 2.33 bits per heavy atom. The number of benzene rings is 1. The third-order valence-electron chi connectivity index (χ3n) is 8.30. The summed E-state index contributed by atoms with van der Waals surface area (Å²) in [6, 6.07) is 7.56. The number of rotatable bonds is 6. The van der Waals surface area contributed by atoms with E-state index in [9.17, 15) is 4.79 Å². The molecule has 1 aromatic heterocycles. The molecule has 3 fully saturated rings. The van der Waals surface area contributed by atoms with Crippen LogP contribution in [0, 0.1) is 5.92 Å². The fourth-order valence-corrected chi connectivity index (χ4v) is 6.28. The molecule has 2 N–H and O–H groups in total. The summed E-state index contributed by atoms with van der Waals surface area (Å²) in [5, 5.41) is 10.8. The van der Waals surface area contributed by atoms with Crippen LogP contribution >= 0.6 is 11.3 Å². The molecule has 2 aromatic rings. The summed E-state index contributed by atoms with van der Waals surface area (Å²) >= 11 is 1.62. The van der Waals surface area contributed by atoms with E-state index in [0.717, 1.165) is 25.0 Å². The van der Waals surface area contributed by atoms with E-state index in [1.54, 1.807) is 11.3 Å². The van der Waals surface area contributed by atoms with E-state index >= 15 is 0 Å². The molecule has 3 aliphatic carbocycles. The highest BCUT2D eigenvalue weighted by atomic mass is 32.1. The van der Waals surface area contributed by atoms with Crippen LogP contribution in [0.25, 0.3) is 10.4 Å². The molecule has 0 unspecified atom stereocenters. The molecule has 0 radical (unpaired) electrons. The Hall–Kier alpha value is -2.21. The lowest BCUT2D eigenvalue weighted by Gasteiger charge is -2.25. The molecule has 1 heterocycles. The van der Waals surface area contributed by atoms with Gasteiger partial charge in [-0.1, -0.05) is 65.9 Å². The van der Waals surface area contributed by atoms with Crippen molar-refractivity contribution in [3.63, 3.8) is 0 Å². The Morgan fingerprint density at radius 1 is 1.11 bits per heavy atom. The van der Waals surface area contributed by atoms with Gasteiger partial charge in [-0.3, -0.25) is 9.59 Å². The van der Waals surface area contributed by atoms with E-state index in [2.05, 4.69) is 51.2 Å². The standard InChI is InChI=1S/C29H40N2OS.CH2O2/c1-28(2,3)21-16-20(17-22(18-21)29(4)13-14-29)25-24(15-19-9-6-5-7-10-19)31-27(33-25)26(32)30-23-11-8-12-23;2-1-3/h16-19,23H,5-15H2,1-4H3,(H,30,32);1H,(H,2,3). The van der Waals surface area contributed by atoms with Crippen LogP contribution in [0.15, 0.2) is 18.2 Å². The summed E-state index contributed by atoms with van der Waals surface area (Å²) in [6.07, 6.45) is 13.6. The van der Waals surface area contributed by atoms with Crippen LogP contribution in [0.2, 0.25) is 0 Å². The van der Waals surface area contributed by atoms with E-state index < -0.39 is 0 Å². The van der Waals surface area contributed by atoms with Gasteiger partial charge in [-0.15, -0.1) is 11.3 Å². The molecule has 0 saturated heterocycles. The van der Waals surface area contributed by atoms with Crippen molar-refractivity contribution in [2.24, 2.45) is 5.92 Å². The summed E-state index contributed by atoms with van der Waals surface area (Å²) in [4.78, 5) is 27.6. The quantitative estimate of drug-likeness (QED) is 0.401. The van der Waals surface area contributed by atoms with Crippen molar-refractivity contribution in [1.82, 2.24) is 10.3 Å². The number of carbonyl (C=O) groups excluding carboxylic acids is 1. The minimum atomic E-state index is -0.250. The highest BCUT2D eigenvalue weighted by Gasteiger charge is 2.40. The van der Waals surface area contributed by atoms with Gasteiger partial charge < -0.3 is 10.4 Å². The van der Waals surface area contributed by atoms with Crippen molar-refractivity contribution in [1.29, 1.82) is 0 Å². The lowest BCUT2D eigenvalue weighted by molar-refractivity contribution is -0.122. The van der Waals surface area contributed by atoms with Gasteiger partial charge in [-0.25, -0.2) is 4.98 Å². The zero-order chi connectivity index (χ0) is 25.9. The number of nitrogens with zero attached hydrogens (tertiary/aromatic N) is 1. The molecule has 6 heteroatoms. The normalized spacial score (nSPS) is 19.6. The molecular formula is C30H42N2O3S. The molecule has 0 atom stereocenters. The van der Waals surface area contributed by atoms with E-state index in [4.69, 9.17) is 14.9 Å². The number of carboxylic acid groups (broad SMARTS) is 1. The fourth-order valence-electron chi connectivity index (χ4n) is 5.29. The topological polar surface area (TPSA) is 79.3 Å². The second kappa shape index (κ2) is 11.0. The molecular weight excluding hydrogens is 468 g/mol. The average Bonchev–Trinajstić information content (AvgIpc) is 3.43. The maximum atomic E-state index is 13.0. The van der Waals surface area contributed by atoms with Crippen LogP contribution in [0.5, 0.6) is 0 Å². The second-order valence-electron chi connectivity index (χ2n) is 12.3. The van der Waals surface area contributed by atoms with Crippen LogP contribution in [0.3, 0.4) is 0 Å². The van der Waals surface area contributed by atoms with Gasteiger partial charge in [0, 0.05) is 6.04 Å². The fraction of sp³-hybridized carbons (Fsp3) is 0.633. The zero-order valence-electron chi connectivity index (χ0n) is 22.4. The number of carbonyl (C=O) groups is 2. The number of thiazole rings is 1. The van der Waals surface area contributed by atoms with Crippen molar-refractivity contribution in [3.8, 4) is 10.4 Å². The Labute approximate surface area is 220 Å². The van der Waals surface area contributed by atoms with Gasteiger partial charge in [0.25, 0.3) is 12.4 Å². The lowest BCUT2D eigenvalue weighted by Crippen LogP contribution is -2.39. The maximum absolute atomic E-state index is 13.0. The first-order chi connectivity index (χ1) is 17.1. The first kappa shape index (κ1) is 26.8. The highest BCUT2D eigenvalue weighted by molar-refractivity contribution is 7.17. The third kappa shape index (κ3) is 6.37. The Morgan fingerprint density at radius 2 is 1.78 bits per heavy atom. The first-order valence-corrected chi connectivity index (χ1v) is 14.5. The lowest BCUT2D eigenvalue weighted by atomic mass is 9.82. The molecule has 0 spiro atoms. The predicted octanol–water partition coefficient (Wildman–Crippen LogP) is 7.27. The molecule has 36 heavy (non-hydrogen) atoms. The maximum Gasteiger partial charge on any atom is 0.290 e. The summed E-state index contributed by atoms with van der Waals surface area (Å²) < 4.78 is 0. The van der Waals surface area contributed by atoms with Crippen LogP contribution < -0.4 is 5.32 Å². The monoisotopic (exact) mass is 510 g/mol. The first-order valence-electron chi connectivity index (χ1n) is 13.7. The highest BCUT2D eigenvalue weighted by Crippen LogP contribution is 2.50. The molecule has 5 rings (SSSR count). The molecule has 196 valence electrons. The molecule has 5 nitrogen and oxygen atoms in total. The van der Waals surface area contributed by atoms with Crippen LogP contribution in [-0.4, -0.2) is 28.5 Å². The summed E-state index contributed by atoms with van der Waals surface area (Å²) in [5.74, 6) is 0.732. The van der Waals surface area contributed by atoms with Gasteiger partial charge in [-0.05, 0) is 84.1 Å². The largest absolute Gasteiger partial charge is 0.483 e.